The van der Waals surface area contributed by atoms with E-state index in [-0.39, 0.29) is 11.4 Å². The number of aromatic nitrogens is 2. The van der Waals surface area contributed by atoms with E-state index in [0.29, 0.717) is 6.54 Å². The maximum Gasteiger partial charge on any atom is 0.292 e. The smallest absolute Gasteiger partial charge is 0.292 e. The first-order chi connectivity index (χ1) is 10.1. The van der Waals surface area contributed by atoms with E-state index in [1.807, 2.05) is 35.8 Å². The lowest BCUT2D eigenvalue weighted by Gasteiger charge is -2.08. The van der Waals surface area contributed by atoms with Gasteiger partial charge in [-0.2, -0.15) is 0 Å². The van der Waals surface area contributed by atoms with Gasteiger partial charge in [-0.15, -0.1) is 0 Å². The number of benzene rings is 2. The lowest BCUT2D eigenvalue weighted by atomic mass is 10.1. The molecule has 0 aliphatic rings. The van der Waals surface area contributed by atoms with Crippen LogP contribution in [0, 0.1) is 17.0 Å². The lowest BCUT2D eigenvalue weighted by Crippen LogP contribution is -2.03. The standard InChI is InChI=1S/C15H14N4O2/c1-10-17-13-4-2-3-5-14(13)18(10)9-11-6-7-12(16)15(8-11)19(20)21/h2-8H,9,16H2,1H3. The Morgan fingerprint density at radius 1 is 1.29 bits per heavy atom. The molecule has 0 spiro atoms. The van der Waals surface area contributed by atoms with E-state index in [4.69, 9.17) is 5.73 Å². The van der Waals surface area contributed by atoms with Crippen LogP contribution in [0.1, 0.15) is 11.4 Å². The van der Waals surface area contributed by atoms with Crippen molar-refractivity contribution in [2.24, 2.45) is 0 Å². The summed E-state index contributed by atoms with van der Waals surface area (Å²) in [5.74, 6) is 0.871. The molecule has 6 nitrogen and oxygen atoms in total. The number of aryl methyl sites for hydroxylation is 1. The summed E-state index contributed by atoms with van der Waals surface area (Å²) in [4.78, 5) is 15.0. The van der Waals surface area contributed by atoms with Gasteiger partial charge in [0.1, 0.15) is 11.5 Å². The molecule has 0 radical (unpaired) electrons. The summed E-state index contributed by atoms with van der Waals surface area (Å²) >= 11 is 0. The maximum atomic E-state index is 11.0. The Balaban J connectivity index is 2.05. The van der Waals surface area contributed by atoms with Crippen molar-refractivity contribution >= 4 is 22.4 Å². The molecule has 2 aromatic carbocycles. The van der Waals surface area contributed by atoms with Gasteiger partial charge >= 0.3 is 0 Å². The summed E-state index contributed by atoms with van der Waals surface area (Å²) in [5.41, 5.74) is 8.49. The fourth-order valence-corrected chi connectivity index (χ4v) is 2.42. The first-order valence-electron chi connectivity index (χ1n) is 6.51. The predicted octanol–water partition coefficient (Wildman–Crippen LogP) is 2.88. The molecule has 21 heavy (non-hydrogen) atoms. The number of nitro groups is 1. The molecule has 3 rings (SSSR count). The number of nitrogens with zero attached hydrogens (tertiary/aromatic N) is 3. The Labute approximate surface area is 121 Å². The number of anilines is 1. The Kier molecular flexibility index (Phi) is 3.06. The first kappa shape index (κ1) is 13.1. The molecule has 0 aliphatic heterocycles. The normalized spacial score (nSPS) is 10.9. The largest absolute Gasteiger partial charge is 0.393 e. The number of hydrogen-bond acceptors (Lipinski definition) is 4. The number of nitrogen functional groups attached to an aromatic ring is 1. The minimum Gasteiger partial charge on any atom is -0.393 e. The third kappa shape index (κ3) is 2.31. The van der Waals surface area contributed by atoms with Crippen LogP contribution in [0.25, 0.3) is 11.0 Å². The van der Waals surface area contributed by atoms with Crippen molar-refractivity contribution in [3.63, 3.8) is 0 Å². The molecule has 1 heterocycles. The molecule has 0 unspecified atom stereocenters. The van der Waals surface area contributed by atoms with Crippen molar-refractivity contribution in [3.8, 4) is 0 Å². The van der Waals surface area contributed by atoms with Gasteiger partial charge in [-0.1, -0.05) is 18.2 Å². The summed E-state index contributed by atoms with van der Waals surface area (Å²) in [6.45, 7) is 2.44. The number of fused-ring (bicyclic) bond motifs is 1. The highest BCUT2D eigenvalue weighted by molar-refractivity contribution is 5.76. The number of rotatable bonds is 3. The summed E-state index contributed by atoms with van der Waals surface area (Å²) in [6, 6.07) is 12.7. The van der Waals surface area contributed by atoms with Gasteiger partial charge in [0.15, 0.2) is 0 Å². The monoisotopic (exact) mass is 282 g/mol. The van der Waals surface area contributed by atoms with E-state index < -0.39 is 4.92 Å². The van der Waals surface area contributed by atoms with Crippen LogP contribution in [0.2, 0.25) is 0 Å². The van der Waals surface area contributed by atoms with Crippen LogP contribution in [-0.4, -0.2) is 14.5 Å². The minimum atomic E-state index is -0.461. The van der Waals surface area contributed by atoms with Crippen LogP contribution >= 0.6 is 0 Å². The molecule has 2 N–H and O–H groups in total. The van der Waals surface area contributed by atoms with E-state index in [1.165, 1.54) is 6.07 Å². The van der Waals surface area contributed by atoms with Crippen molar-refractivity contribution in [1.29, 1.82) is 0 Å². The Morgan fingerprint density at radius 3 is 2.81 bits per heavy atom. The highest BCUT2D eigenvalue weighted by atomic mass is 16.6. The molecule has 6 heteroatoms. The highest BCUT2D eigenvalue weighted by Crippen LogP contribution is 2.24. The molecule has 0 atom stereocenters. The summed E-state index contributed by atoms with van der Waals surface area (Å²) in [5, 5.41) is 11.0. The van der Waals surface area contributed by atoms with E-state index >= 15 is 0 Å². The van der Waals surface area contributed by atoms with Gasteiger partial charge in [0, 0.05) is 12.6 Å². The van der Waals surface area contributed by atoms with Crippen LogP contribution in [0.3, 0.4) is 0 Å². The molecular formula is C15H14N4O2. The number of nitrogens with two attached hydrogens (primary N) is 1. The lowest BCUT2D eigenvalue weighted by molar-refractivity contribution is -0.384. The molecule has 106 valence electrons. The van der Waals surface area contributed by atoms with E-state index in [0.717, 1.165) is 22.4 Å². The molecule has 0 fully saturated rings. The van der Waals surface area contributed by atoms with Crippen LogP contribution in [0.15, 0.2) is 42.5 Å². The number of para-hydroxylation sites is 2. The van der Waals surface area contributed by atoms with Gasteiger partial charge in [0.05, 0.1) is 16.0 Å². The third-order valence-electron chi connectivity index (χ3n) is 3.48. The van der Waals surface area contributed by atoms with Gasteiger partial charge in [0.2, 0.25) is 0 Å². The van der Waals surface area contributed by atoms with Gasteiger partial charge < -0.3 is 10.3 Å². The zero-order valence-corrected chi connectivity index (χ0v) is 11.5. The van der Waals surface area contributed by atoms with E-state index in [2.05, 4.69) is 4.98 Å². The molecular weight excluding hydrogens is 268 g/mol. The molecule has 0 saturated heterocycles. The molecule has 0 amide bonds. The number of hydrogen-bond donors (Lipinski definition) is 1. The van der Waals surface area contributed by atoms with Crippen molar-refractivity contribution in [3.05, 3.63) is 64.0 Å². The molecule has 0 aliphatic carbocycles. The molecule has 0 bridgehead atoms. The SMILES string of the molecule is Cc1nc2ccccc2n1Cc1ccc(N)c([N+](=O)[O-])c1. The fraction of sp³-hybridized carbons (Fsp3) is 0.133. The second-order valence-electron chi connectivity index (χ2n) is 4.88. The number of imidazole rings is 1. The second kappa shape index (κ2) is 4.90. The van der Waals surface area contributed by atoms with Gasteiger partial charge in [-0.25, -0.2) is 4.98 Å². The summed E-state index contributed by atoms with van der Waals surface area (Å²) in [6.07, 6.45) is 0. The average molecular weight is 282 g/mol. The predicted molar refractivity (Wildman–Crippen MR) is 81.1 cm³/mol. The van der Waals surface area contributed by atoms with E-state index in [1.54, 1.807) is 12.1 Å². The van der Waals surface area contributed by atoms with Crippen LogP contribution in [-0.2, 0) is 6.54 Å². The molecule has 3 aromatic rings. The Hall–Kier alpha value is -2.89. The Morgan fingerprint density at radius 2 is 2.05 bits per heavy atom. The molecule has 1 aromatic heterocycles. The summed E-state index contributed by atoms with van der Waals surface area (Å²) < 4.78 is 2.03. The van der Waals surface area contributed by atoms with Crippen LogP contribution < -0.4 is 5.73 Å². The van der Waals surface area contributed by atoms with Crippen LogP contribution in [0.5, 0.6) is 0 Å². The van der Waals surface area contributed by atoms with Crippen LogP contribution in [0.4, 0.5) is 11.4 Å². The summed E-state index contributed by atoms with van der Waals surface area (Å²) in [7, 11) is 0. The molecule has 0 saturated carbocycles. The van der Waals surface area contributed by atoms with Gasteiger partial charge in [-0.3, -0.25) is 10.1 Å². The van der Waals surface area contributed by atoms with Gasteiger partial charge in [0.25, 0.3) is 5.69 Å². The average Bonchev–Trinajstić information content (AvgIpc) is 2.77. The zero-order valence-electron chi connectivity index (χ0n) is 11.5. The number of nitro benzene ring substituents is 1. The maximum absolute atomic E-state index is 11.0. The van der Waals surface area contributed by atoms with Crippen molar-refractivity contribution < 1.29 is 4.92 Å². The zero-order chi connectivity index (χ0) is 15.0. The van der Waals surface area contributed by atoms with Crippen molar-refractivity contribution in [2.75, 3.05) is 5.73 Å². The van der Waals surface area contributed by atoms with Crippen molar-refractivity contribution in [2.45, 2.75) is 13.5 Å². The van der Waals surface area contributed by atoms with Gasteiger partial charge in [-0.05, 0) is 30.7 Å². The quantitative estimate of drug-likeness (QED) is 0.454. The second-order valence-corrected chi connectivity index (χ2v) is 4.88. The first-order valence-corrected chi connectivity index (χ1v) is 6.51. The van der Waals surface area contributed by atoms with E-state index in [9.17, 15) is 10.1 Å². The highest BCUT2D eigenvalue weighted by Gasteiger charge is 2.13. The fourth-order valence-electron chi connectivity index (χ4n) is 2.42. The Bertz CT molecular complexity index is 839. The third-order valence-corrected chi connectivity index (χ3v) is 3.48. The minimum absolute atomic E-state index is 0.0606. The van der Waals surface area contributed by atoms with Crippen molar-refractivity contribution in [1.82, 2.24) is 9.55 Å². The topological polar surface area (TPSA) is 87.0 Å².